The highest BCUT2D eigenvalue weighted by molar-refractivity contribution is 5.94. The number of aromatic nitrogens is 3. The zero-order valence-electron chi connectivity index (χ0n) is 19.4. The number of carbonyl (C=O) groups excluding carboxylic acids is 2. The second-order valence-electron chi connectivity index (χ2n) is 9.36. The molecule has 168 valence electrons. The van der Waals surface area contributed by atoms with Gasteiger partial charge in [-0.1, -0.05) is 0 Å². The van der Waals surface area contributed by atoms with Crippen LogP contribution in [-0.2, 0) is 4.74 Å². The van der Waals surface area contributed by atoms with Crippen LogP contribution in [-0.4, -0.2) is 68.8 Å². The van der Waals surface area contributed by atoms with Gasteiger partial charge in [0.15, 0.2) is 5.82 Å². The molecule has 0 radical (unpaired) electrons. The van der Waals surface area contributed by atoms with Crippen LogP contribution in [0.2, 0.25) is 0 Å². The summed E-state index contributed by atoms with van der Waals surface area (Å²) in [5.41, 5.74) is 1.96. The van der Waals surface area contributed by atoms with Crippen LogP contribution >= 0.6 is 0 Å². The molecule has 8 nitrogen and oxygen atoms in total. The van der Waals surface area contributed by atoms with Crippen molar-refractivity contribution in [3.8, 4) is 5.82 Å². The number of likely N-dealkylation sites (tertiary alicyclic amines) is 1. The van der Waals surface area contributed by atoms with E-state index in [0.717, 1.165) is 24.2 Å². The summed E-state index contributed by atoms with van der Waals surface area (Å²) in [6.45, 7) is 11.4. The van der Waals surface area contributed by atoms with Gasteiger partial charge in [-0.05, 0) is 71.6 Å². The summed E-state index contributed by atoms with van der Waals surface area (Å²) in [5, 5.41) is 4.44. The molecular weight excluding hydrogens is 394 g/mol. The SMILES string of the molecule is Cc1cc(C)n(-c2ccc(C(=O)N3CCCC(CN(C)C(=O)OC(C)(C)C)C3)cn2)n1. The monoisotopic (exact) mass is 427 g/mol. The average Bonchev–Trinajstić information content (AvgIpc) is 3.04. The molecule has 1 aliphatic rings. The first-order valence-corrected chi connectivity index (χ1v) is 10.8. The second-order valence-corrected chi connectivity index (χ2v) is 9.36. The van der Waals surface area contributed by atoms with Crippen LogP contribution in [0.25, 0.3) is 5.82 Å². The zero-order valence-corrected chi connectivity index (χ0v) is 19.4. The van der Waals surface area contributed by atoms with E-state index < -0.39 is 5.60 Å². The predicted molar refractivity (Wildman–Crippen MR) is 118 cm³/mol. The normalized spacial score (nSPS) is 16.8. The highest BCUT2D eigenvalue weighted by Gasteiger charge is 2.28. The Morgan fingerprint density at radius 3 is 2.58 bits per heavy atom. The van der Waals surface area contributed by atoms with Crippen LogP contribution in [0, 0.1) is 19.8 Å². The third-order valence-corrected chi connectivity index (χ3v) is 5.26. The van der Waals surface area contributed by atoms with Crippen molar-refractivity contribution in [1.82, 2.24) is 24.6 Å². The van der Waals surface area contributed by atoms with Gasteiger partial charge in [0.1, 0.15) is 5.60 Å². The van der Waals surface area contributed by atoms with E-state index in [1.165, 1.54) is 0 Å². The summed E-state index contributed by atoms with van der Waals surface area (Å²) >= 11 is 0. The summed E-state index contributed by atoms with van der Waals surface area (Å²) in [4.78, 5) is 33.2. The van der Waals surface area contributed by atoms with Gasteiger partial charge in [-0.3, -0.25) is 4.79 Å². The Morgan fingerprint density at radius 2 is 2.00 bits per heavy atom. The van der Waals surface area contributed by atoms with Crippen LogP contribution in [0.4, 0.5) is 4.79 Å². The van der Waals surface area contributed by atoms with Crippen molar-refractivity contribution >= 4 is 12.0 Å². The van der Waals surface area contributed by atoms with Crippen molar-refractivity contribution in [1.29, 1.82) is 0 Å². The molecule has 31 heavy (non-hydrogen) atoms. The van der Waals surface area contributed by atoms with Gasteiger partial charge in [0.2, 0.25) is 0 Å². The molecule has 3 rings (SSSR count). The third-order valence-electron chi connectivity index (χ3n) is 5.26. The number of carbonyl (C=O) groups is 2. The highest BCUT2D eigenvalue weighted by atomic mass is 16.6. The molecule has 1 unspecified atom stereocenters. The number of piperidine rings is 1. The molecule has 0 aliphatic carbocycles. The predicted octanol–water partition coefficient (Wildman–Crippen LogP) is 3.60. The maximum atomic E-state index is 13.0. The molecule has 0 spiro atoms. The number of amides is 2. The number of pyridine rings is 1. The number of nitrogens with zero attached hydrogens (tertiary/aromatic N) is 5. The Morgan fingerprint density at radius 1 is 1.26 bits per heavy atom. The number of aryl methyl sites for hydroxylation is 2. The van der Waals surface area contributed by atoms with Crippen molar-refractivity contribution in [3.63, 3.8) is 0 Å². The number of hydrogen-bond acceptors (Lipinski definition) is 5. The minimum absolute atomic E-state index is 0.0305. The Bertz CT molecular complexity index is 930. The van der Waals surface area contributed by atoms with Crippen LogP contribution in [0.3, 0.4) is 0 Å². The minimum atomic E-state index is -0.521. The molecule has 1 aliphatic heterocycles. The van der Waals surface area contributed by atoms with Crippen molar-refractivity contribution in [3.05, 3.63) is 41.3 Å². The Balaban J connectivity index is 1.61. The lowest BCUT2D eigenvalue weighted by Crippen LogP contribution is -2.45. The van der Waals surface area contributed by atoms with E-state index in [2.05, 4.69) is 10.1 Å². The summed E-state index contributed by atoms with van der Waals surface area (Å²) in [6.07, 6.45) is 3.17. The molecule has 3 heterocycles. The lowest BCUT2D eigenvalue weighted by Gasteiger charge is -2.35. The number of ether oxygens (including phenoxy) is 1. The lowest BCUT2D eigenvalue weighted by atomic mass is 9.97. The smallest absolute Gasteiger partial charge is 0.410 e. The largest absolute Gasteiger partial charge is 0.444 e. The van der Waals surface area contributed by atoms with Crippen molar-refractivity contribution in [2.24, 2.45) is 5.92 Å². The summed E-state index contributed by atoms with van der Waals surface area (Å²) in [6, 6.07) is 5.62. The Kier molecular flexibility index (Phi) is 6.67. The topological polar surface area (TPSA) is 80.6 Å². The molecule has 0 aromatic carbocycles. The zero-order chi connectivity index (χ0) is 22.8. The van der Waals surface area contributed by atoms with Crippen molar-refractivity contribution in [2.45, 2.75) is 53.1 Å². The third kappa shape index (κ3) is 5.83. The van der Waals surface area contributed by atoms with E-state index in [-0.39, 0.29) is 17.9 Å². The molecule has 2 amide bonds. The first-order chi connectivity index (χ1) is 14.5. The first kappa shape index (κ1) is 22.8. The fourth-order valence-electron chi connectivity index (χ4n) is 3.88. The molecule has 2 aromatic rings. The molecule has 0 N–H and O–H groups in total. The molecule has 8 heteroatoms. The standard InChI is InChI=1S/C23H33N5O3/c1-16-12-17(2)28(25-16)20-10-9-19(13-24-20)21(29)27-11-7-8-18(15-27)14-26(6)22(30)31-23(3,4)5/h9-10,12-13,18H,7-8,11,14-15H2,1-6H3. The second kappa shape index (κ2) is 9.08. The summed E-state index contributed by atoms with van der Waals surface area (Å²) in [7, 11) is 1.75. The highest BCUT2D eigenvalue weighted by Crippen LogP contribution is 2.21. The maximum Gasteiger partial charge on any atom is 0.410 e. The van der Waals surface area contributed by atoms with Gasteiger partial charge in [-0.25, -0.2) is 14.5 Å². The van der Waals surface area contributed by atoms with Gasteiger partial charge in [0.25, 0.3) is 5.91 Å². The van der Waals surface area contributed by atoms with Crippen LogP contribution < -0.4 is 0 Å². The van der Waals surface area contributed by atoms with Gasteiger partial charge >= 0.3 is 6.09 Å². The quantitative estimate of drug-likeness (QED) is 0.745. The van der Waals surface area contributed by atoms with Gasteiger partial charge in [-0.2, -0.15) is 5.10 Å². The fourth-order valence-corrected chi connectivity index (χ4v) is 3.88. The van der Waals surface area contributed by atoms with E-state index in [1.807, 2.05) is 51.7 Å². The average molecular weight is 428 g/mol. The first-order valence-electron chi connectivity index (χ1n) is 10.8. The van der Waals surface area contributed by atoms with Crippen molar-refractivity contribution < 1.29 is 14.3 Å². The summed E-state index contributed by atoms with van der Waals surface area (Å²) in [5.74, 6) is 0.881. The van der Waals surface area contributed by atoms with Gasteiger partial charge in [-0.15, -0.1) is 0 Å². The van der Waals surface area contributed by atoms with E-state index in [9.17, 15) is 9.59 Å². The number of rotatable bonds is 4. The molecule has 0 bridgehead atoms. The van der Waals surface area contributed by atoms with Crippen LogP contribution in [0.15, 0.2) is 24.4 Å². The molecule has 1 atom stereocenters. The maximum absolute atomic E-state index is 13.0. The van der Waals surface area contributed by atoms with E-state index in [1.54, 1.807) is 28.9 Å². The molecule has 0 saturated carbocycles. The van der Waals surface area contributed by atoms with Crippen molar-refractivity contribution in [2.75, 3.05) is 26.7 Å². The van der Waals surface area contributed by atoms with Crippen LogP contribution in [0.1, 0.15) is 55.4 Å². The Labute approximate surface area is 184 Å². The summed E-state index contributed by atoms with van der Waals surface area (Å²) < 4.78 is 7.20. The Hall–Kier alpha value is -2.90. The fraction of sp³-hybridized carbons (Fsp3) is 0.565. The lowest BCUT2D eigenvalue weighted by molar-refractivity contribution is 0.0244. The molecular formula is C23H33N5O3. The minimum Gasteiger partial charge on any atom is -0.444 e. The van der Waals surface area contributed by atoms with Crippen LogP contribution in [0.5, 0.6) is 0 Å². The van der Waals surface area contributed by atoms with E-state index in [0.29, 0.717) is 31.0 Å². The van der Waals surface area contributed by atoms with Gasteiger partial charge in [0, 0.05) is 38.6 Å². The number of hydrogen-bond donors (Lipinski definition) is 0. The molecule has 2 aromatic heterocycles. The van der Waals surface area contributed by atoms with E-state index in [4.69, 9.17) is 4.74 Å². The molecule has 1 fully saturated rings. The molecule has 1 saturated heterocycles. The van der Waals surface area contributed by atoms with Gasteiger partial charge in [0.05, 0.1) is 11.3 Å². The van der Waals surface area contributed by atoms with Gasteiger partial charge < -0.3 is 14.5 Å². The van der Waals surface area contributed by atoms with E-state index >= 15 is 0 Å².